The van der Waals surface area contributed by atoms with Crippen LogP contribution < -0.4 is 0 Å². The summed E-state index contributed by atoms with van der Waals surface area (Å²) in [6.07, 6.45) is 9.46. The molecule has 138 valence electrons. The molecule has 0 aromatic heterocycles. The fraction of sp³-hybridized carbons (Fsp3) is 0.800. The first-order valence-electron chi connectivity index (χ1n) is 9.47. The molecule has 0 spiro atoms. The summed E-state index contributed by atoms with van der Waals surface area (Å²) >= 11 is 0. The van der Waals surface area contributed by atoms with E-state index in [1.807, 2.05) is 26.0 Å². The van der Waals surface area contributed by atoms with E-state index in [9.17, 15) is 9.59 Å². The number of allylic oxidation sites excluding steroid dienone is 2. The van der Waals surface area contributed by atoms with Gasteiger partial charge in [-0.2, -0.15) is 0 Å². The molecule has 0 N–H and O–H groups in total. The van der Waals surface area contributed by atoms with E-state index in [0.717, 1.165) is 25.7 Å². The number of ether oxygens (including phenoxy) is 2. The lowest BCUT2D eigenvalue weighted by molar-refractivity contribution is -0.162. The van der Waals surface area contributed by atoms with Crippen LogP contribution in [-0.2, 0) is 19.1 Å². The zero-order valence-electron chi connectivity index (χ0n) is 15.8. The van der Waals surface area contributed by atoms with Crippen LogP contribution in [0.3, 0.4) is 0 Å². The number of hydrogen-bond donors (Lipinski definition) is 0. The Balaban J connectivity index is 2.55. The summed E-state index contributed by atoms with van der Waals surface area (Å²) in [5.41, 5.74) is 0. The van der Waals surface area contributed by atoms with E-state index < -0.39 is 11.8 Å². The van der Waals surface area contributed by atoms with Crippen molar-refractivity contribution >= 4 is 11.9 Å². The van der Waals surface area contributed by atoms with E-state index in [2.05, 4.69) is 13.8 Å². The summed E-state index contributed by atoms with van der Waals surface area (Å²) in [6.45, 7) is 9.16. The minimum Gasteiger partial charge on any atom is -0.465 e. The summed E-state index contributed by atoms with van der Waals surface area (Å²) in [4.78, 5) is 24.8. The molecule has 0 saturated heterocycles. The maximum absolute atomic E-state index is 12.5. The Morgan fingerprint density at radius 3 is 2.00 bits per heavy atom. The van der Waals surface area contributed by atoms with Crippen LogP contribution in [0.1, 0.15) is 66.2 Å². The summed E-state index contributed by atoms with van der Waals surface area (Å²) in [5, 5.41) is 0. The van der Waals surface area contributed by atoms with E-state index in [0.29, 0.717) is 37.9 Å². The van der Waals surface area contributed by atoms with E-state index in [1.54, 1.807) is 0 Å². The molecule has 1 rings (SSSR count). The second-order valence-electron chi connectivity index (χ2n) is 7.23. The quantitative estimate of drug-likeness (QED) is 0.434. The number of hydrogen-bond acceptors (Lipinski definition) is 4. The van der Waals surface area contributed by atoms with Crippen LogP contribution in [0.2, 0.25) is 0 Å². The van der Waals surface area contributed by atoms with Crippen molar-refractivity contribution in [1.29, 1.82) is 0 Å². The Bertz CT molecular complexity index is 414. The van der Waals surface area contributed by atoms with Gasteiger partial charge < -0.3 is 9.47 Å². The van der Waals surface area contributed by atoms with Gasteiger partial charge in [0.15, 0.2) is 0 Å². The molecule has 0 heterocycles. The smallest absolute Gasteiger partial charge is 0.310 e. The maximum atomic E-state index is 12.5. The molecule has 0 radical (unpaired) electrons. The second-order valence-corrected chi connectivity index (χ2v) is 7.23. The van der Waals surface area contributed by atoms with Gasteiger partial charge in [-0.15, -0.1) is 0 Å². The summed E-state index contributed by atoms with van der Waals surface area (Å²) in [6, 6.07) is 0. The first-order chi connectivity index (χ1) is 11.5. The minimum absolute atomic E-state index is 0.249. The Morgan fingerprint density at radius 1 is 1.00 bits per heavy atom. The van der Waals surface area contributed by atoms with Crippen molar-refractivity contribution in [3.05, 3.63) is 12.2 Å². The molecule has 3 unspecified atom stereocenters. The van der Waals surface area contributed by atoms with Crippen molar-refractivity contribution in [2.24, 2.45) is 23.7 Å². The van der Waals surface area contributed by atoms with Gasteiger partial charge in [-0.1, -0.05) is 59.1 Å². The van der Waals surface area contributed by atoms with Gasteiger partial charge in [0, 0.05) is 0 Å². The average molecular weight is 338 g/mol. The molecule has 4 nitrogen and oxygen atoms in total. The molecule has 0 aliphatic heterocycles. The normalized spacial score (nSPS) is 21.5. The predicted octanol–water partition coefficient (Wildman–Crippen LogP) is 4.53. The highest BCUT2D eigenvalue weighted by Crippen LogP contribution is 2.28. The first kappa shape index (κ1) is 20.7. The third-order valence-corrected chi connectivity index (χ3v) is 4.60. The molecule has 0 fully saturated rings. The van der Waals surface area contributed by atoms with Crippen LogP contribution in [0.4, 0.5) is 0 Å². The second kappa shape index (κ2) is 11.3. The van der Waals surface area contributed by atoms with E-state index in [4.69, 9.17) is 9.47 Å². The molecule has 0 aromatic rings. The number of carbonyl (C=O) groups is 2. The molecular weight excluding hydrogens is 304 g/mol. The SMILES string of the molecule is CCCCC(CC)COC(=O)C1CC=CCC1C(=O)OCC(C)C. The van der Waals surface area contributed by atoms with Crippen molar-refractivity contribution in [2.45, 2.75) is 66.2 Å². The lowest BCUT2D eigenvalue weighted by Gasteiger charge is -2.26. The molecular formula is C20H34O4. The first-order valence-corrected chi connectivity index (χ1v) is 9.47. The fourth-order valence-electron chi connectivity index (χ4n) is 2.90. The lowest BCUT2D eigenvalue weighted by atomic mass is 9.83. The molecule has 24 heavy (non-hydrogen) atoms. The molecule has 4 heteroatoms. The number of esters is 2. The zero-order valence-corrected chi connectivity index (χ0v) is 15.8. The van der Waals surface area contributed by atoms with Crippen LogP contribution in [0.25, 0.3) is 0 Å². The van der Waals surface area contributed by atoms with E-state index >= 15 is 0 Å². The third-order valence-electron chi connectivity index (χ3n) is 4.60. The number of carbonyl (C=O) groups excluding carboxylic acids is 2. The highest BCUT2D eigenvalue weighted by atomic mass is 16.5. The fourth-order valence-corrected chi connectivity index (χ4v) is 2.90. The van der Waals surface area contributed by atoms with Crippen molar-refractivity contribution in [1.82, 2.24) is 0 Å². The summed E-state index contributed by atoms with van der Waals surface area (Å²) in [7, 11) is 0. The van der Waals surface area contributed by atoms with Gasteiger partial charge >= 0.3 is 11.9 Å². The third kappa shape index (κ3) is 7.06. The number of rotatable bonds is 10. The summed E-state index contributed by atoms with van der Waals surface area (Å²) < 4.78 is 10.9. The average Bonchev–Trinajstić information content (AvgIpc) is 2.59. The molecule has 1 aliphatic carbocycles. The van der Waals surface area contributed by atoms with Crippen LogP contribution in [-0.4, -0.2) is 25.2 Å². The van der Waals surface area contributed by atoms with Crippen molar-refractivity contribution in [3.8, 4) is 0 Å². The maximum Gasteiger partial charge on any atom is 0.310 e. The topological polar surface area (TPSA) is 52.6 Å². The van der Waals surface area contributed by atoms with Gasteiger partial charge in [0.05, 0.1) is 25.0 Å². The van der Waals surface area contributed by atoms with Crippen molar-refractivity contribution in [3.63, 3.8) is 0 Å². The minimum atomic E-state index is -0.406. The summed E-state index contributed by atoms with van der Waals surface area (Å²) in [5.74, 6) is -0.620. The van der Waals surface area contributed by atoms with E-state index in [1.165, 1.54) is 0 Å². The Kier molecular flexibility index (Phi) is 9.73. The van der Waals surface area contributed by atoms with Crippen molar-refractivity contribution < 1.29 is 19.1 Å². The Hall–Kier alpha value is -1.32. The largest absolute Gasteiger partial charge is 0.465 e. The highest BCUT2D eigenvalue weighted by molar-refractivity contribution is 5.82. The molecule has 0 amide bonds. The van der Waals surface area contributed by atoms with Gasteiger partial charge in [-0.25, -0.2) is 0 Å². The Labute approximate surface area is 147 Å². The van der Waals surface area contributed by atoms with Crippen LogP contribution in [0.15, 0.2) is 12.2 Å². The number of unbranched alkanes of at least 4 members (excludes halogenated alkanes) is 1. The molecule has 3 atom stereocenters. The van der Waals surface area contributed by atoms with Crippen LogP contribution in [0.5, 0.6) is 0 Å². The zero-order chi connectivity index (χ0) is 17.9. The highest BCUT2D eigenvalue weighted by Gasteiger charge is 2.36. The molecule has 0 bridgehead atoms. The van der Waals surface area contributed by atoms with Crippen LogP contribution in [0, 0.1) is 23.7 Å². The van der Waals surface area contributed by atoms with Crippen LogP contribution >= 0.6 is 0 Å². The van der Waals surface area contributed by atoms with E-state index in [-0.39, 0.29) is 11.9 Å². The molecule has 1 aliphatic rings. The molecule has 0 aromatic carbocycles. The lowest BCUT2D eigenvalue weighted by Crippen LogP contribution is -2.34. The van der Waals surface area contributed by atoms with Gasteiger partial charge in [0.1, 0.15) is 0 Å². The van der Waals surface area contributed by atoms with Gasteiger partial charge in [-0.3, -0.25) is 9.59 Å². The van der Waals surface area contributed by atoms with Gasteiger partial charge in [-0.05, 0) is 31.1 Å². The predicted molar refractivity (Wildman–Crippen MR) is 95.4 cm³/mol. The van der Waals surface area contributed by atoms with Gasteiger partial charge in [0.25, 0.3) is 0 Å². The standard InChI is InChI=1S/C20H34O4/c1-5-7-10-16(6-2)14-24-20(22)18-12-9-8-11-17(18)19(21)23-13-15(3)4/h8-9,15-18H,5-7,10-14H2,1-4H3. The van der Waals surface area contributed by atoms with Gasteiger partial charge in [0.2, 0.25) is 0 Å². The molecule has 0 saturated carbocycles. The monoisotopic (exact) mass is 338 g/mol. The van der Waals surface area contributed by atoms with Crippen molar-refractivity contribution in [2.75, 3.05) is 13.2 Å². The Morgan fingerprint density at radius 2 is 1.54 bits per heavy atom.